The van der Waals surface area contributed by atoms with Crippen molar-refractivity contribution in [2.75, 3.05) is 31.1 Å². The maximum absolute atomic E-state index is 11.9. The molecule has 1 aliphatic rings. The minimum atomic E-state index is -0.258. The van der Waals surface area contributed by atoms with E-state index in [0.717, 1.165) is 36.0 Å². The number of aromatic nitrogens is 2. The van der Waals surface area contributed by atoms with E-state index >= 15 is 0 Å². The van der Waals surface area contributed by atoms with Crippen LogP contribution in [-0.2, 0) is 6.54 Å². The molecule has 1 fully saturated rings. The summed E-state index contributed by atoms with van der Waals surface area (Å²) in [6.45, 7) is 6.15. The van der Waals surface area contributed by atoms with Gasteiger partial charge >= 0.3 is 11.7 Å². The van der Waals surface area contributed by atoms with E-state index in [-0.39, 0.29) is 11.7 Å². The highest BCUT2D eigenvalue weighted by Gasteiger charge is 2.15. The van der Waals surface area contributed by atoms with Gasteiger partial charge in [-0.1, -0.05) is 0 Å². The van der Waals surface area contributed by atoms with Gasteiger partial charge in [-0.25, -0.2) is 9.59 Å². The number of nitrogens with one attached hydrogen (secondary N) is 1. The number of aryl methyl sites for hydroxylation is 2. The number of hydrogen-bond acceptors (Lipinski definition) is 4. The van der Waals surface area contributed by atoms with Crippen LogP contribution in [0.15, 0.2) is 10.9 Å². The summed E-state index contributed by atoms with van der Waals surface area (Å²) in [7, 11) is 0. The quantitative estimate of drug-likeness (QED) is 0.888. The fourth-order valence-corrected chi connectivity index (χ4v) is 3.10. The van der Waals surface area contributed by atoms with E-state index in [9.17, 15) is 9.59 Å². The molecular weight excluding hydrogens is 276 g/mol. The molecule has 1 aromatic heterocycles. The molecule has 7 heteroatoms. The van der Waals surface area contributed by atoms with E-state index in [4.69, 9.17) is 0 Å². The summed E-state index contributed by atoms with van der Waals surface area (Å²) in [4.78, 5) is 29.4. The SMILES string of the molecule is Cc1cc(C)n(CCNC(=O)N2CCSCC2)c(=O)n1. The smallest absolute Gasteiger partial charge is 0.336 e. The third-order valence-corrected chi connectivity index (χ3v) is 4.20. The van der Waals surface area contributed by atoms with Crippen LogP contribution in [0.3, 0.4) is 0 Å². The van der Waals surface area contributed by atoms with Crippen molar-refractivity contribution in [1.29, 1.82) is 0 Å². The standard InChI is InChI=1S/C13H20N4O2S/c1-10-9-11(2)17(13(19)15-10)4-3-14-12(18)16-5-7-20-8-6-16/h9H,3-8H2,1-2H3,(H,14,18). The number of rotatable bonds is 3. The van der Waals surface area contributed by atoms with Crippen molar-refractivity contribution in [1.82, 2.24) is 19.8 Å². The number of thioether (sulfide) groups is 1. The molecule has 0 aliphatic carbocycles. The summed E-state index contributed by atoms with van der Waals surface area (Å²) in [5, 5.41) is 2.86. The van der Waals surface area contributed by atoms with E-state index in [0.29, 0.717) is 13.1 Å². The van der Waals surface area contributed by atoms with Crippen LogP contribution in [0.25, 0.3) is 0 Å². The van der Waals surface area contributed by atoms with Gasteiger partial charge in [-0.2, -0.15) is 16.7 Å². The van der Waals surface area contributed by atoms with Crippen molar-refractivity contribution in [3.8, 4) is 0 Å². The summed E-state index contributed by atoms with van der Waals surface area (Å²) in [6.07, 6.45) is 0. The van der Waals surface area contributed by atoms with Gasteiger partial charge in [0.1, 0.15) is 0 Å². The first-order valence-electron chi connectivity index (χ1n) is 6.73. The predicted octanol–water partition coefficient (Wildman–Crippen LogP) is 0.619. The summed E-state index contributed by atoms with van der Waals surface area (Å²) < 4.78 is 1.58. The lowest BCUT2D eigenvalue weighted by Gasteiger charge is -2.26. The van der Waals surface area contributed by atoms with Crippen molar-refractivity contribution in [3.05, 3.63) is 27.9 Å². The molecular formula is C13H20N4O2S. The first kappa shape index (κ1) is 14.9. The monoisotopic (exact) mass is 296 g/mol. The second-order valence-electron chi connectivity index (χ2n) is 4.80. The van der Waals surface area contributed by atoms with Crippen LogP contribution in [0, 0.1) is 13.8 Å². The van der Waals surface area contributed by atoms with Crippen LogP contribution in [0.1, 0.15) is 11.4 Å². The largest absolute Gasteiger partial charge is 0.348 e. The third kappa shape index (κ3) is 3.75. The zero-order valence-corrected chi connectivity index (χ0v) is 12.7. The van der Waals surface area contributed by atoms with Crippen molar-refractivity contribution < 1.29 is 4.79 Å². The summed E-state index contributed by atoms with van der Waals surface area (Å²) in [5.74, 6) is 1.99. The van der Waals surface area contributed by atoms with Crippen molar-refractivity contribution in [2.45, 2.75) is 20.4 Å². The van der Waals surface area contributed by atoms with Gasteiger partial charge in [0, 0.05) is 49.1 Å². The molecule has 0 aromatic carbocycles. The van der Waals surface area contributed by atoms with Gasteiger partial charge < -0.3 is 10.2 Å². The Morgan fingerprint density at radius 2 is 2.10 bits per heavy atom. The van der Waals surface area contributed by atoms with Crippen molar-refractivity contribution in [3.63, 3.8) is 0 Å². The predicted molar refractivity (Wildman–Crippen MR) is 80.3 cm³/mol. The first-order valence-corrected chi connectivity index (χ1v) is 7.89. The molecule has 1 aromatic rings. The van der Waals surface area contributed by atoms with Crippen LogP contribution in [-0.4, -0.2) is 51.6 Å². The van der Waals surface area contributed by atoms with Gasteiger partial charge in [0.25, 0.3) is 0 Å². The molecule has 0 atom stereocenters. The average Bonchev–Trinajstić information content (AvgIpc) is 2.42. The maximum atomic E-state index is 11.9. The molecule has 0 bridgehead atoms. The summed E-state index contributed by atoms with van der Waals surface area (Å²) in [5.41, 5.74) is 1.33. The van der Waals surface area contributed by atoms with Crippen molar-refractivity contribution in [2.24, 2.45) is 0 Å². The molecule has 1 saturated heterocycles. The molecule has 2 amide bonds. The average molecular weight is 296 g/mol. The molecule has 2 heterocycles. The van der Waals surface area contributed by atoms with Crippen molar-refractivity contribution >= 4 is 17.8 Å². The fraction of sp³-hybridized carbons (Fsp3) is 0.615. The Morgan fingerprint density at radius 1 is 1.40 bits per heavy atom. The molecule has 0 spiro atoms. The van der Waals surface area contributed by atoms with E-state index in [1.54, 1.807) is 11.5 Å². The zero-order valence-electron chi connectivity index (χ0n) is 11.9. The lowest BCUT2D eigenvalue weighted by molar-refractivity contribution is 0.202. The van der Waals surface area contributed by atoms with Gasteiger partial charge in [0.15, 0.2) is 0 Å². The second-order valence-corrected chi connectivity index (χ2v) is 6.03. The molecule has 0 saturated carbocycles. The number of nitrogens with zero attached hydrogens (tertiary/aromatic N) is 3. The first-order chi connectivity index (χ1) is 9.58. The maximum Gasteiger partial charge on any atom is 0.348 e. The Hall–Kier alpha value is -1.50. The van der Waals surface area contributed by atoms with Gasteiger partial charge in [-0.3, -0.25) is 4.57 Å². The number of urea groups is 1. The fourth-order valence-electron chi connectivity index (χ4n) is 2.20. The Bertz CT molecular complexity index is 538. The molecule has 1 aliphatic heterocycles. The lowest BCUT2D eigenvalue weighted by atomic mass is 10.3. The molecule has 110 valence electrons. The van der Waals surface area contributed by atoms with Crippen LogP contribution < -0.4 is 11.0 Å². The number of hydrogen-bond donors (Lipinski definition) is 1. The van der Waals surface area contributed by atoms with E-state index in [2.05, 4.69) is 10.3 Å². The highest BCUT2D eigenvalue weighted by atomic mass is 32.2. The van der Waals surface area contributed by atoms with Crippen LogP contribution in [0.2, 0.25) is 0 Å². The molecule has 20 heavy (non-hydrogen) atoms. The van der Waals surface area contributed by atoms with Gasteiger partial charge in [0.05, 0.1) is 0 Å². The Morgan fingerprint density at radius 3 is 2.75 bits per heavy atom. The number of carbonyl (C=O) groups excluding carboxylic acids is 1. The molecule has 1 N–H and O–H groups in total. The minimum absolute atomic E-state index is 0.0453. The normalized spacial score (nSPS) is 15.2. The van der Waals surface area contributed by atoms with Gasteiger partial charge in [-0.15, -0.1) is 0 Å². The zero-order chi connectivity index (χ0) is 14.5. The molecule has 6 nitrogen and oxygen atoms in total. The van der Waals surface area contributed by atoms with Crippen LogP contribution in [0.5, 0.6) is 0 Å². The molecule has 2 rings (SSSR count). The Labute approximate surface area is 122 Å². The lowest BCUT2D eigenvalue weighted by Crippen LogP contribution is -2.45. The molecule has 0 radical (unpaired) electrons. The second kappa shape index (κ2) is 6.78. The topological polar surface area (TPSA) is 67.2 Å². The Kier molecular flexibility index (Phi) is 5.05. The number of carbonyl (C=O) groups is 1. The highest BCUT2D eigenvalue weighted by Crippen LogP contribution is 2.08. The summed E-state index contributed by atoms with van der Waals surface area (Å²) >= 11 is 1.87. The van der Waals surface area contributed by atoms with E-state index in [1.807, 2.05) is 29.7 Å². The highest BCUT2D eigenvalue weighted by molar-refractivity contribution is 7.99. The van der Waals surface area contributed by atoms with E-state index < -0.39 is 0 Å². The van der Waals surface area contributed by atoms with Crippen LogP contribution in [0.4, 0.5) is 4.79 Å². The van der Waals surface area contributed by atoms with Crippen LogP contribution >= 0.6 is 11.8 Å². The summed E-state index contributed by atoms with van der Waals surface area (Å²) in [6, 6.07) is 1.82. The Balaban J connectivity index is 1.87. The van der Waals surface area contributed by atoms with Gasteiger partial charge in [0.2, 0.25) is 0 Å². The molecule has 0 unspecified atom stereocenters. The third-order valence-electron chi connectivity index (χ3n) is 3.26. The number of amides is 2. The van der Waals surface area contributed by atoms with E-state index in [1.165, 1.54) is 0 Å². The van der Waals surface area contributed by atoms with Gasteiger partial charge in [-0.05, 0) is 19.9 Å². The minimum Gasteiger partial charge on any atom is -0.336 e.